The van der Waals surface area contributed by atoms with Gasteiger partial charge in [0.15, 0.2) is 0 Å². The van der Waals surface area contributed by atoms with E-state index in [1.165, 1.54) is 174 Å². The number of rotatable bonds is 15. The van der Waals surface area contributed by atoms with Gasteiger partial charge in [0.25, 0.3) is 6.71 Å². The first-order chi connectivity index (χ1) is 69.8. The molecule has 0 aromatic heterocycles. The molecule has 27 rings (SSSR count). The molecule has 19 aliphatic rings. The van der Waals surface area contributed by atoms with Crippen LogP contribution < -0.4 is 36.0 Å². The number of para-hydroxylation sites is 1. The van der Waals surface area contributed by atoms with Crippen LogP contribution in [-0.4, -0.2) is 57.7 Å². The van der Waals surface area contributed by atoms with Crippen LogP contribution in [0, 0.1) is 35.5 Å². The van der Waals surface area contributed by atoms with E-state index in [0.29, 0.717) is 5.92 Å². The van der Waals surface area contributed by atoms with Crippen LogP contribution in [0.15, 0.2) is 496 Å². The number of nitrogens with zero attached hydrogens (tertiary/aromatic N) is 7. The van der Waals surface area contributed by atoms with Crippen LogP contribution in [0.2, 0.25) is 0 Å². The molecule has 6 heterocycles. The molecule has 8 heteroatoms. The van der Waals surface area contributed by atoms with Crippen molar-refractivity contribution in [1.29, 1.82) is 0 Å². The number of fused-ring (bicyclic) bond motifs is 14. The molecule has 0 bridgehead atoms. The highest BCUT2D eigenvalue weighted by Crippen LogP contribution is 2.62. The summed E-state index contributed by atoms with van der Waals surface area (Å²) in [6.07, 6.45) is 101. The Morgan fingerprint density at radius 2 is 0.761 bits per heavy atom. The minimum atomic E-state index is -0.281. The lowest BCUT2D eigenvalue weighted by Gasteiger charge is -2.50. The second kappa shape index (κ2) is 34.8. The summed E-state index contributed by atoms with van der Waals surface area (Å²) in [6.45, 7) is 13.9. The Labute approximate surface area is 840 Å². The molecule has 12 atom stereocenters. The SMILES string of the molecule is CC(C)(C)c1ccc(N(c2ccc(C(C)(C)C)cc2)c2cc3c4c(c2)N(C2=C(C5=CC=CC6C7CC=CC=C7N(c7ccccc7)C56)CCC=C2C2C=CC=C5C6=C(C=CCC6)N(C6C=CC=CC6)C52)c2cc(-c5ccccc5)ccc2B4c2ccc(-c4ccccc4)cc2N3C2=C(C3=CC=CC4C5CC=CC=C5N(C5=CC=CCC5)C34)CCC=C2C2C=CC=C3C4=C(C=CCC4)N(C4C=CC=CC4)C32)cc1. The maximum atomic E-state index is 3.00. The largest absolute Gasteiger partial charge is 0.357 e. The van der Waals surface area contributed by atoms with Crippen LogP contribution in [-0.2, 0) is 10.8 Å². The summed E-state index contributed by atoms with van der Waals surface area (Å²) in [4.78, 5) is 20.2. The van der Waals surface area contributed by atoms with Gasteiger partial charge in [0.2, 0.25) is 0 Å². The van der Waals surface area contributed by atoms with E-state index in [1.54, 1.807) is 0 Å². The van der Waals surface area contributed by atoms with Gasteiger partial charge >= 0.3 is 0 Å². The summed E-state index contributed by atoms with van der Waals surface area (Å²) in [5, 5.41) is 0. The van der Waals surface area contributed by atoms with E-state index in [2.05, 4.69) is 477 Å². The predicted molar refractivity (Wildman–Crippen MR) is 594 cm³/mol. The van der Waals surface area contributed by atoms with E-state index in [9.17, 15) is 0 Å². The molecule has 142 heavy (non-hydrogen) atoms. The second-order valence-electron chi connectivity index (χ2n) is 44.4. The Morgan fingerprint density at radius 3 is 1.23 bits per heavy atom. The number of likely N-dealkylation sites (tertiary alicyclic amines) is 1. The first-order valence-corrected chi connectivity index (χ1v) is 53.2. The Kier molecular flexibility index (Phi) is 21.3. The lowest BCUT2D eigenvalue weighted by atomic mass is 9.33. The lowest BCUT2D eigenvalue weighted by Crippen LogP contribution is -2.62. The summed E-state index contributed by atoms with van der Waals surface area (Å²) in [5.41, 5.74) is 44.7. The van der Waals surface area contributed by atoms with E-state index >= 15 is 0 Å². The molecular formula is C134H124BN7. The zero-order chi connectivity index (χ0) is 94.7. The number of benzene rings is 8. The van der Waals surface area contributed by atoms with Crippen molar-refractivity contribution in [2.75, 3.05) is 19.6 Å². The van der Waals surface area contributed by atoms with Crippen molar-refractivity contribution in [3.05, 3.63) is 507 Å². The molecule has 0 radical (unpaired) electrons. The van der Waals surface area contributed by atoms with Gasteiger partial charge in [0, 0.05) is 104 Å². The molecule has 0 saturated carbocycles. The van der Waals surface area contributed by atoms with E-state index in [1.807, 2.05) is 0 Å². The molecule has 7 nitrogen and oxygen atoms in total. The van der Waals surface area contributed by atoms with Gasteiger partial charge in [-0.05, 0) is 297 Å². The standard InChI is InChI=1S/C134H124BN7/c1-133(2,3)91-73-77-97(78-74-91)136(98-79-75-92(76-80-98)134(4,5)6)99-85-124-126-125(86-99)142(132-114(110-61-35-57-106-102-53-27-31-69-120(102)139(129(106)110)95-47-21-11-22-48-95)65-38-66-115(132)111-62-36-58-107-103-54-28-32-70-121(103)140(130(107)111)96-49-23-12-24-50-96)123-84-90(88-41-15-8-16-42-88)72-82-117(123)135(126)116-81-71-89(87-39-13-7-14-40-87)83-122(116)141(124)131-112(108-59-33-55-104-100-51-25-29-67-118(100)137(127(104)108)93-43-17-9-18-44-93)63-37-64-113(131)109-60-34-56-105-101-52-26-30-68-119(101)138(128(105)109)94-45-19-10-20-46-94/h7-23,25,28-36,39-45,47,49,55-62,64-65,67-86,94-95,100,103-104,107,109-110,127-130H,24,26-27,37-38,46,48,50-54,63,66H2,1-6H3. The van der Waals surface area contributed by atoms with E-state index in [4.69, 9.17) is 0 Å². The highest BCUT2D eigenvalue weighted by atomic mass is 15.3. The Hall–Kier alpha value is -14.3. The smallest absolute Gasteiger partial charge is 0.252 e. The second-order valence-corrected chi connectivity index (χ2v) is 44.4. The fourth-order valence-corrected chi connectivity index (χ4v) is 28.3. The van der Waals surface area contributed by atoms with Crippen molar-refractivity contribution in [2.45, 2.75) is 179 Å². The van der Waals surface area contributed by atoms with Crippen LogP contribution in [0.25, 0.3) is 22.3 Å². The summed E-state index contributed by atoms with van der Waals surface area (Å²) in [6, 6.07) is 75.2. The first-order valence-electron chi connectivity index (χ1n) is 53.2. The molecule has 8 aromatic rings. The molecule has 6 aliphatic heterocycles. The summed E-state index contributed by atoms with van der Waals surface area (Å²) >= 11 is 0. The van der Waals surface area contributed by atoms with E-state index in [-0.39, 0.29) is 83.4 Å². The molecule has 2 fully saturated rings. The zero-order valence-corrected chi connectivity index (χ0v) is 82.6. The first kappa shape index (κ1) is 86.7. The van der Waals surface area contributed by atoms with Gasteiger partial charge in [0.05, 0.1) is 53.3 Å². The maximum absolute atomic E-state index is 3.00. The van der Waals surface area contributed by atoms with Crippen LogP contribution in [0.1, 0.15) is 143 Å². The Morgan fingerprint density at radius 1 is 0.324 bits per heavy atom. The fraction of sp³-hybridized carbons (Fsp3) is 0.254. The van der Waals surface area contributed by atoms with E-state index < -0.39 is 0 Å². The maximum Gasteiger partial charge on any atom is 0.252 e. The van der Waals surface area contributed by atoms with Gasteiger partial charge in [-0.3, -0.25) is 0 Å². The highest BCUT2D eigenvalue weighted by molar-refractivity contribution is 7.00. The molecule has 13 aliphatic carbocycles. The molecule has 698 valence electrons. The van der Waals surface area contributed by atoms with Gasteiger partial charge in [-0.2, -0.15) is 0 Å². The zero-order valence-electron chi connectivity index (χ0n) is 82.6. The third-order valence-corrected chi connectivity index (χ3v) is 34.6. The quantitative estimate of drug-likeness (QED) is 0.0942. The third-order valence-electron chi connectivity index (χ3n) is 34.6. The van der Waals surface area contributed by atoms with Crippen molar-refractivity contribution >= 4 is 68.6 Å². The highest BCUT2D eigenvalue weighted by Gasteiger charge is 2.57. The molecule has 0 N–H and O–H groups in total. The number of anilines is 8. The molecule has 8 aromatic carbocycles. The minimum absolute atomic E-state index is 0.00141. The van der Waals surface area contributed by atoms with Crippen LogP contribution in [0.4, 0.5) is 45.5 Å². The number of hydrogen-bond donors (Lipinski definition) is 0. The lowest BCUT2D eigenvalue weighted by molar-refractivity contribution is 0.234. The van der Waals surface area contributed by atoms with Crippen molar-refractivity contribution in [2.24, 2.45) is 35.5 Å². The molecule has 0 amide bonds. The Balaban J connectivity index is 0.794. The van der Waals surface area contributed by atoms with Crippen LogP contribution in [0.3, 0.4) is 0 Å². The van der Waals surface area contributed by atoms with Gasteiger partial charge in [0.1, 0.15) is 0 Å². The molecule has 12 unspecified atom stereocenters. The van der Waals surface area contributed by atoms with Crippen molar-refractivity contribution in [3.8, 4) is 22.3 Å². The van der Waals surface area contributed by atoms with Gasteiger partial charge in [-0.1, -0.05) is 351 Å². The predicted octanol–water partition coefficient (Wildman–Crippen LogP) is 30.0. The normalized spacial score (nSPS) is 26.4. The summed E-state index contributed by atoms with van der Waals surface area (Å²) < 4.78 is 0. The Bertz CT molecular complexity index is 7440. The van der Waals surface area contributed by atoms with E-state index in [0.717, 1.165) is 107 Å². The van der Waals surface area contributed by atoms with Crippen molar-refractivity contribution in [3.63, 3.8) is 0 Å². The fourth-order valence-electron chi connectivity index (χ4n) is 28.3. The average Bonchev–Trinajstić information content (AvgIpc) is 0.778. The van der Waals surface area contributed by atoms with Gasteiger partial charge in [-0.15, -0.1) is 0 Å². The van der Waals surface area contributed by atoms with Gasteiger partial charge < -0.3 is 34.3 Å². The third kappa shape index (κ3) is 14.1. The number of allylic oxidation sites excluding steroid dienone is 32. The van der Waals surface area contributed by atoms with Gasteiger partial charge in [-0.25, -0.2) is 0 Å². The molecule has 2 saturated heterocycles. The average molecular weight is 1840 g/mol. The summed E-state index contributed by atoms with van der Waals surface area (Å²) in [7, 11) is 0. The van der Waals surface area contributed by atoms with Crippen molar-refractivity contribution in [1.82, 2.24) is 14.7 Å². The van der Waals surface area contributed by atoms with Crippen LogP contribution >= 0.6 is 0 Å². The van der Waals surface area contributed by atoms with Crippen molar-refractivity contribution < 1.29 is 0 Å². The molecule has 0 spiro atoms. The monoisotopic (exact) mass is 1840 g/mol. The minimum Gasteiger partial charge on any atom is -0.357 e. The topological polar surface area (TPSA) is 22.7 Å². The number of hydrogen-bond acceptors (Lipinski definition) is 7. The van der Waals surface area contributed by atoms with Crippen LogP contribution in [0.5, 0.6) is 0 Å². The molecular weight excluding hydrogens is 1720 g/mol. The summed E-state index contributed by atoms with van der Waals surface area (Å²) in [5.74, 6) is 0.858.